The molecule has 0 spiro atoms. The lowest BCUT2D eigenvalue weighted by molar-refractivity contribution is -0.127. The van der Waals surface area contributed by atoms with Gasteiger partial charge in [0, 0.05) is 49.3 Å². The van der Waals surface area contributed by atoms with Gasteiger partial charge in [0.25, 0.3) is 0 Å². The maximum atomic E-state index is 11.5. The number of hydrogen-bond donors (Lipinski definition) is 1. The normalized spacial score (nSPS) is 17.7. The number of amides is 1. The number of nitrogens with zero attached hydrogens (tertiary/aromatic N) is 3. The Kier molecular flexibility index (Phi) is 5.21. The quantitative estimate of drug-likeness (QED) is 0.905. The molecule has 1 amide bonds. The first-order valence-corrected chi connectivity index (χ1v) is 8.63. The van der Waals surface area contributed by atoms with Crippen LogP contribution in [0.2, 0.25) is 5.02 Å². The monoisotopic (exact) mass is 346 g/mol. The number of aromatic amines is 1. The van der Waals surface area contributed by atoms with Gasteiger partial charge in [0.05, 0.1) is 11.9 Å². The van der Waals surface area contributed by atoms with Gasteiger partial charge in [-0.25, -0.2) is 0 Å². The molecule has 5 nitrogen and oxygen atoms in total. The third kappa shape index (κ3) is 3.97. The maximum absolute atomic E-state index is 11.5. The zero-order valence-corrected chi connectivity index (χ0v) is 14.9. The van der Waals surface area contributed by atoms with E-state index in [0.29, 0.717) is 5.92 Å². The number of carbonyl (C=O) groups is 1. The van der Waals surface area contributed by atoms with Crippen LogP contribution in [0.25, 0.3) is 11.3 Å². The van der Waals surface area contributed by atoms with E-state index in [1.807, 2.05) is 35.4 Å². The van der Waals surface area contributed by atoms with Gasteiger partial charge in [0.15, 0.2) is 0 Å². The van der Waals surface area contributed by atoms with E-state index < -0.39 is 0 Å². The Morgan fingerprint density at radius 1 is 1.50 bits per heavy atom. The Bertz CT molecular complexity index is 715. The summed E-state index contributed by atoms with van der Waals surface area (Å²) >= 11 is 6.10. The van der Waals surface area contributed by atoms with Gasteiger partial charge in [-0.05, 0) is 31.5 Å². The summed E-state index contributed by atoms with van der Waals surface area (Å²) in [7, 11) is 2.12. The van der Waals surface area contributed by atoms with Crippen molar-refractivity contribution in [1.82, 2.24) is 20.0 Å². The lowest BCUT2D eigenvalue weighted by atomic mass is 10.1. The molecule has 2 aromatic rings. The number of likely N-dealkylation sites (tertiary alicyclic amines) is 1. The van der Waals surface area contributed by atoms with Gasteiger partial charge in [0.2, 0.25) is 5.91 Å². The smallest absolute Gasteiger partial charge is 0.219 e. The third-order valence-corrected chi connectivity index (χ3v) is 4.81. The van der Waals surface area contributed by atoms with Crippen molar-refractivity contribution in [1.29, 1.82) is 0 Å². The number of nitrogens with one attached hydrogen (secondary N) is 1. The van der Waals surface area contributed by atoms with Crippen LogP contribution in [-0.4, -0.2) is 52.6 Å². The van der Waals surface area contributed by atoms with E-state index in [9.17, 15) is 4.79 Å². The summed E-state index contributed by atoms with van der Waals surface area (Å²) in [5.41, 5.74) is 3.22. The molecule has 1 fully saturated rings. The van der Waals surface area contributed by atoms with Crippen LogP contribution in [0.5, 0.6) is 0 Å². The number of benzene rings is 1. The van der Waals surface area contributed by atoms with E-state index in [1.54, 1.807) is 6.92 Å². The fraction of sp³-hybridized carbons (Fsp3) is 0.444. The minimum absolute atomic E-state index is 0.179. The second-order valence-electron chi connectivity index (χ2n) is 6.60. The molecule has 0 saturated carbocycles. The van der Waals surface area contributed by atoms with E-state index in [1.165, 1.54) is 0 Å². The van der Waals surface area contributed by atoms with Crippen LogP contribution in [0, 0.1) is 5.92 Å². The summed E-state index contributed by atoms with van der Waals surface area (Å²) in [6, 6.07) is 7.79. The van der Waals surface area contributed by atoms with Gasteiger partial charge < -0.3 is 9.80 Å². The van der Waals surface area contributed by atoms with Gasteiger partial charge in [-0.15, -0.1) is 0 Å². The SMILES string of the molecule is CC(=O)N1CCC(CN(C)Cc2cn[nH]c2-c2cccc(Cl)c2)C1. The summed E-state index contributed by atoms with van der Waals surface area (Å²) in [6.07, 6.45) is 2.96. The molecule has 3 rings (SSSR count). The molecule has 1 aromatic carbocycles. The first kappa shape index (κ1) is 17.0. The Labute approximate surface area is 147 Å². The van der Waals surface area contributed by atoms with Gasteiger partial charge in [-0.3, -0.25) is 9.89 Å². The third-order valence-electron chi connectivity index (χ3n) is 4.57. The Balaban J connectivity index is 1.63. The minimum Gasteiger partial charge on any atom is -0.343 e. The van der Waals surface area contributed by atoms with E-state index in [0.717, 1.165) is 54.4 Å². The van der Waals surface area contributed by atoms with E-state index in [4.69, 9.17) is 11.6 Å². The molecule has 1 N–H and O–H groups in total. The summed E-state index contributed by atoms with van der Waals surface area (Å²) in [6.45, 7) is 5.19. The van der Waals surface area contributed by atoms with E-state index >= 15 is 0 Å². The molecular formula is C18H23ClN4O. The molecule has 1 saturated heterocycles. The molecule has 0 aliphatic carbocycles. The first-order chi connectivity index (χ1) is 11.5. The molecule has 1 unspecified atom stereocenters. The second-order valence-corrected chi connectivity index (χ2v) is 7.03. The van der Waals surface area contributed by atoms with Crippen LogP contribution >= 0.6 is 11.6 Å². The molecule has 0 bridgehead atoms. The van der Waals surface area contributed by atoms with Crippen LogP contribution in [0.3, 0.4) is 0 Å². The number of H-pyrrole nitrogens is 1. The standard InChI is InChI=1S/C18H23ClN4O/c1-13(24)23-7-6-14(11-23)10-22(2)12-16-9-20-21-18(16)15-4-3-5-17(19)8-15/h3-5,8-9,14H,6-7,10-12H2,1-2H3,(H,20,21). The molecular weight excluding hydrogens is 324 g/mol. The molecule has 2 heterocycles. The van der Waals surface area contributed by atoms with Gasteiger partial charge >= 0.3 is 0 Å². The van der Waals surface area contributed by atoms with Crippen LogP contribution in [0.4, 0.5) is 0 Å². The topological polar surface area (TPSA) is 52.2 Å². The lowest BCUT2D eigenvalue weighted by Gasteiger charge is -2.21. The summed E-state index contributed by atoms with van der Waals surface area (Å²) < 4.78 is 0. The summed E-state index contributed by atoms with van der Waals surface area (Å²) in [4.78, 5) is 15.7. The highest BCUT2D eigenvalue weighted by Gasteiger charge is 2.25. The van der Waals surface area contributed by atoms with E-state index in [-0.39, 0.29) is 5.91 Å². The molecule has 1 aliphatic rings. The minimum atomic E-state index is 0.179. The van der Waals surface area contributed by atoms with Gasteiger partial charge in [-0.1, -0.05) is 23.7 Å². The van der Waals surface area contributed by atoms with E-state index in [2.05, 4.69) is 22.1 Å². The van der Waals surface area contributed by atoms with Crippen molar-refractivity contribution in [3.63, 3.8) is 0 Å². The predicted molar refractivity (Wildman–Crippen MR) is 95.7 cm³/mol. The Hall–Kier alpha value is -1.85. The highest BCUT2D eigenvalue weighted by atomic mass is 35.5. The molecule has 0 radical (unpaired) electrons. The van der Waals surface area contributed by atoms with Crippen LogP contribution < -0.4 is 0 Å². The summed E-state index contributed by atoms with van der Waals surface area (Å²) in [5.74, 6) is 0.721. The highest BCUT2D eigenvalue weighted by molar-refractivity contribution is 6.30. The molecule has 1 aliphatic heterocycles. The molecule has 24 heavy (non-hydrogen) atoms. The molecule has 1 aromatic heterocycles. The molecule has 6 heteroatoms. The van der Waals surface area contributed by atoms with Crippen LogP contribution in [0.1, 0.15) is 18.9 Å². The fourth-order valence-corrected chi connectivity index (χ4v) is 3.58. The number of carbonyl (C=O) groups excluding carboxylic acids is 1. The van der Waals surface area contributed by atoms with Crippen molar-refractivity contribution in [2.75, 3.05) is 26.7 Å². The van der Waals surface area contributed by atoms with Crippen molar-refractivity contribution >= 4 is 17.5 Å². The maximum Gasteiger partial charge on any atom is 0.219 e. The van der Waals surface area contributed by atoms with Crippen molar-refractivity contribution in [3.05, 3.63) is 41.0 Å². The van der Waals surface area contributed by atoms with Gasteiger partial charge in [0.1, 0.15) is 0 Å². The predicted octanol–water partition coefficient (Wildman–Crippen LogP) is 3.03. The van der Waals surface area contributed by atoms with Crippen molar-refractivity contribution in [2.45, 2.75) is 19.9 Å². The largest absolute Gasteiger partial charge is 0.343 e. The number of aromatic nitrogens is 2. The average Bonchev–Trinajstić information content (AvgIpc) is 3.16. The average molecular weight is 347 g/mol. The number of hydrogen-bond acceptors (Lipinski definition) is 3. The fourth-order valence-electron chi connectivity index (χ4n) is 3.39. The van der Waals surface area contributed by atoms with Crippen LogP contribution in [-0.2, 0) is 11.3 Å². The van der Waals surface area contributed by atoms with Crippen molar-refractivity contribution < 1.29 is 4.79 Å². The molecule has 128 valence electrons. The van der Waals surface area contributed by atoms with Gasteiger partial charge in [-0.2, -0.15) is 5.10 Å². The van der Waals surface area contributed by atoms with Crippen molar-refractivity contribution in [2.24, 2.45) is 5.92 Å². The molecule has 1 atom stereocenters. The number of rotatable bonds is 5. The van der Waals surface area contributed by atoms with Crippen molar-refractivity contribution in [3.8, 4) is 11.3 Å². The summed E-state index contributed by atoms with van der Waals surface area (Å²) in [5, 5.41) is 8.00. The highest BCUT2D eigenvalue weighted by Crippen LogP contribution is 2.25. The second kappa shape index (κ2) is 7.36. The zero-order valence-electron chi connectivity index (χ0n) is 14.1. The zero-order chi connectivity index (χ0) is 17.1. The first-order valence-electron chi connectivity index (χ1n) is 8.25. The van der Waals surface area contributed by atoms with Crippen LogP contribution in [0.15, 0.2) is 30.5 Å². The lowest BCUT2D eigenvalue weighted by Crippen LogP contribution is -2.30. The Morgan fingerprint density at radius 3 is 3.04 bits per heavy atom. The number of halogens is 1. The Morgan fingerprint density at radius 2 is 2.33 bits per heavy atom.